The van der Waals surface area contributed by atoms with Gasteiger partial charge in [0.2, 0.25) is 19.1 Å². The Bertz CT molecular complexity index is 363. The van der Waals surface area contributed by atoms with Gasteiger partial charge in [-0.25, -0.2) is 21.6 Å². The molecule has 1 N–H and O–H groups in total. The Morgan fingerprint density at radius 3 is 2.27 bits per heavy atom. The van der Waals surface area contributed by atoms with Gasteiger partial charge in [-0.15, -0.1) is 0 Å². The highest BCUT2D eigenvalue weighted by Crippen LogP contribution is 1.95. The van der Waals surface area contributed by atoms with Crippen molar-refractivity contribution in [3.05, 3.63) is 0 Å². The van der Waals surface area contributed by atoms with Crippen molar-refractivity contribution in [1.82, 2.24) is 4.72 Å². The van der Waals surface area contributed by atoms with E-state index in [4.69, 9.17) is 10.7 Å². The zero-order valence-electron chi connectivity index (χ0n) is 8.27. The van der Waals surface area contributed by atoms with Gasteiger partial charge in [0.25, 0.3) is 0 Å². The van der Waals surface area contributed by atoms with Gasteiger partial charge in [0.15, 0.2) is 0 Å². The third-order valence-electron chi connectivity index (χ3n) is 1.43. The molecular formula is C6H14ClNO5S2. The summed E-state index contributed by atoms with van der Waals surface area (Å²) in [5.41, 5.74) is 0. The highest BCUT2D eigenvalue weighted by atomic mass is 35.7. The SMILES string of the molecule is COCCCS(=O)(=O)NCCS(=O)(=O)Cl. The molecule has 0 atom stereocenters. The van der Waals surface area contributed by atoms with Crippen LogP contribution in [0.3, 0.4) is 0 Å². The van der Waals surface area contributed by atoms with Crippen LogP contribution < -0.4 is 4.72 Å². The monoisotopic (exact) mass is 279 g/mol. The summed E-state index contributed by atoms with van der Waals surface area (Å²) in [6.07, 6.45) is 0.361. The van der Waals surface area contributed by atoms with Crippen LogP contribution in [0, 0.1) is 0 Å². The second-order valence-electron chi connectivity index (χ2n) is 2.80. The van der Waals surface area contributed by atoms with Crippen LogP contribution >= 0.6 is 10.7 Å². The molecule has 0 radical (unpaired) electrons. The fourth-order valence-electron chi connectivity index (χ4n) is 0.785. The first-order valence-electron chi connectivity index (χ1n) is 4.15. The van der Waals surface area contributed by atoms with Gasteiger partial charge in [-0.1, -0.05) is 0 Å². The molecule has 92 valence electrons. The van der Waals surface area contributed by atoms with Crippen molar-refractivity contribution in [2.75, 3.05) is 31.8 Å². The smallest absolute Gasteiger partial charge is 0.233 e. The maximum atomic E-state index is 11.2. The van der Waals surface area contributed by atoms with Gasteiger partial charge < -0.3 is 4.74 Å². The lowest BCUT2D eigenvalue weighted by molar-refractivity contribution is 0.199. The fourth-order valence-corrected chi connectivity index (χ4v) is 2.55. The Morgan fingerprint density at radius 1 is 1.20 bits per heavy atom. The third kappa shape index (κ3) is 10.4. The molecule has 0 rings (SSSR count). The minimum atomic E-state index is -3.65. The normalized spacial score (nSPS) is 12.9. The Kier molecular flexibility index (Phi) is 6.69. The molecule has 0 aliphatic carbocycles. The number of ether oxygens (including phenoxy) is 1. The van der Waals surface area contributed by atoms with Crippen molar-refractivity contribution in [1.29, 1.82) is 0 Å². The van der Waals surface area contributed by atoms with Crippen molar-refractivity contribution in [3.8, 4) is 0 Å². The van der Waals surface area contributed by atoms with Crippen LogP contribution in [-0.2, 0) is 23.8 Å². The molecule has 0 unspecified atom stereocenters. The van der Waals surface area contributed by atoms with E-state index in [0.29, 0.717) is 13.0 Å². The van der Waals surface area contributed by atoms with E-state index in [0.717, 1.165) is 0 Å². The first kappa shape index (κ1) is 15.1. The maximum Gasteiger partial charge on any atom is 0.233 e. The van der Waals surface area contributed by atoms with E-state index < -0.39 is 24.8 Å². The second-order valence-corrected chi connectivity index (χ2v) is 7.63. The summed E-state index contributed by atoms with van der Waals surface area (Å²) < 4.78 is 50.2. The summed E-state index contributed by atoms with van der Waals surface area (Å²) in [5, 5.41) is 0. The van der Waals surface area contributed by atoms with Gasteiger partial charge in [0.05, 0.1) is 11.5 Å². The molecule has 0 saturated heterocycles. The van der Waals surface area contributed by atoms with Crippen LogP contribution in [0.1, 0.15) is 6.42 Å². The summed E-state index contributed by atoms with van der Waals surface area (Å²) in [5.74, 6) is -0.513. The predicted octanol–water partition coefficient (Wildman–Crippen LogP) is -0.489. The molecule has 0 aliphatic rings. The van der Waals surface area contributed by atoms with E-state index in [1.165, 1.54) is 7.11 Å². The van der Waals surface area contributed by atoms with Crippen LogP contribution in [0.5, 0.6) is 0 Å². The quantitative estimate of drug-likeness (QED) is 0.478. The summed E-state index contributed by atoms with van der Waals surface area (Å²) in [4.78, 5) is 0. The van der Waals surface area contributed by atoms with E-state index in [9.17, 15) is 16.8 Å². The first-order chi connectivity index (χ1) is 6.77. The number of methoxy groups -OCH3 is 1. The standard InChI is InChI=1S/C6H14ClNO5S2/c1-13-4-2-5-15(11,12)8-3-6-14(7,9)10/h8H,2-6H2,1H3. The highest BCUT2D eigenvalue weighted by molar-refractivity contribution is 8.13. The summed E-state index contributed by atoms with van der Waals surface area (Å²) >= 11 is 0. The average Bonchev–Trinajstić information content (AvgIpc) is 2.01. The van der Waals surface area contributed by atoms with Gasteiger partial charge in [0.1, 0.15) is 0 Å². The summed E-state index contributed by atoms with van der Waals surface area (Å²) in [7, 11) is -0.702. The van der Waals surface area contributed by atoms with Crippen LogP contribution in [-0.4, -0.2) is 48.6 Å². The van der Waals surface area contributed by atoms with E-state index in [-0.39, 0.29) is 12.3 Å². The van der Waals surface area contributed by atoms with Crippen molar-refractivity contribution >= 4 is 29.8 Å². The van der Waals surface area contributed by atoms with Crippen LogP contribution in [0.4, 0.5) is 0 Å². The molecule has 0 amide bonds. The molecule has 6 nitrogen and oxygen atoms in total. The molecule has 0 fully saturated rings. The lowest BCUT2D eigenvalue weighted by Crippen LogP contribution is -2.30. The van der Waals surface area contributed by atoms with Gasteiger partial charge >= 0.3 is 0 Å². The zero-order chi connectivity index (χ0) is 11.9. The Balaban J connectivity index is 3.85. The Labute approximate surface area is 94.4 Å². The lowest BCUT2D eigenvalue weighted by Gasteiger charge is -2.04. The molecule has 0 bridgehead atoms. The fraction of sp³-hybridized carbons (Fsp3) is 1.00. The summed E-state index contributed by atoms with van der Waals surface area (Å²) in [6, 6.07) is 0. The number of nitrogens with one attached hydrogen (secondary N) is 1. The van der Waals surface area contributed by atoms with Gasteiger partial charge in [0, 0.05) is 30.9 Å². The van der Waals surface area contributed by atoms with Crippen LogP contribution in [0.2, 0.25) is 0 Å². The number of hydrogen-bond donors (Lipinski definition) is 1. The molecule has 0 saturated carbocycles. The minimum absolute atomic E-state index is 0.0941. The number of sulfonamides is 1. The van der Waals surface area contributed by atoms with Crippen molar-refractivity contribution in [3.63, 3.8) is 0 Å². The third-order valence-corrected chi connectivity index (χ3v) is 4.05. The molecule has 0 aliphatic heterocycles. The van der Waals surface area contributed by atoms with Crippen LogP contribution in [0.25, 0.3) is 0 Å². The topological polar surface area (TPSA) is 89.5 Å². The molecule has 0 aromatic heterocycles. The molecular weight excluding hydrogens is 266 g/mol. The van der Waals surface area contributed by atoms with E-state index >= 15 is 0 Å². The number of rotatable bonds is 8. The molecule has 15 heavy (non-hydrogen) atoms. The molecule has 0 heterocycles. The highest BCUT2D eigenvalue weighted by Gasteiger charge is 2.11. The predicted molar refractivity (Wildman–Crippen MR) is 57.9 cm³/mol. The average molecular weight is 280 g/mol. The van der Waals surface area contributed by atoms with Crippen molar-refractivity contribution < 1.29 is 21.6 Å². The van der Waals surface area contributed by atoms with E-state index in [1.807, 2.05) is 0 Å². The molecule has 0 aromatic carbocycles. The van der Waals surface area contributed by atoms with Gasteiger partial charge in [-0.2, -0.15) is 0 Å². The lowest BCUT2D eigenvalue weighted by atomic mass is 10.5. The second kappa shape index (κ2) is 6.64. The van der Waals surface area contributed by atoms with Gasteiger partial charge in [-0.05, 0) is 6.42 Å². The largest absolute Gasteiger partial charge is 0.385 e. The first-order valence-corrected chi connectivity index (χ1v) is 8.28. The molecule has 0 aromatic rings. The summed E-state index contributed by atoms with van der Waals surface area (Å²) in [6.45, 7) is 0.135. The van der Waals surface area contributed by atoms with Crippen molar-refractivity contribution in [2.45, 2.75) is 6.42 Å². The van der Waals surface area contributed by atoms with E-state index in [2.05, 4.69) is 9.46 Å². The Morgan fingerprint density at radius 2 is 1.80 bits per heavy atom. The molecule has 9 heteroatoms. The van der Waals surface area contributed by atoms with Crippen molar-refractivity contribution in [2.24, 2.45) is 0 Å². The zero-order valence-corrected chi connectivity index (χ0v) is 10.7. The number of hydrogen-bond acceptors (Lipinski definition) is 5. The van der Waals surface area contributed by atoms with E-state index in [1.54, 1.807) is 0 Å². The Hall–Kier alpha value is 0.110. The minimum Gasteiger partial charge on any atom is -0.385 e. The number of halogens is 1. The van der Waals surface area contributed by atoms with Gasteiger partial charge in [-0.3, -0.25) is 0 Å². The van der Waals surface area contributed by atoms with Crippen LogP contribution in [0.15, 0.2) is 0 Å². The molecule has 0 spiro atoms. The maximum absolute atomic E-state index is 11.2.